The molecule has 0 heterocycles. The minimum absolute atomic E-state index is 0.0439. The van der Waals surface area contributed by atoms with Crippen LogP contribution in [0.5, 0.6) is 0 Å². The van der Waals surface area contributed by atoms with Gasteiger partial charge in [-0.2, -0.15) is 0 Å². The Balaban J connectivity index is 2.09. The maximum Gasteiger partial charge on any atom is 0.307 e. The van der Waals surface area contributed by atoms with Crippen molar-refractivity contribution in [1.82, 2.24) is 0 Å². The molecule has 0 aromatic rings. The quantitative estimate of drug-likeness (QED) is 0.658. The minimum Gasteiger partial charge on any atom is -0.481 e. The van der Waals surface area contributed by atoms with Crippen molar-refractivity contribution in [1.29, 1.82) is 0 Å². The standard InChI is InChI=1S/C10H12O4/c11-7-3-6(10(13)14)4-8(12)9(7)5-1-2-5/h5-6,9H,1-4H2,(H,13,14). The lowest BCUT2D eigenvalue weighted by atomic mass is 9.78. The first-order valence-corrected chi connectivity index (χ1v) is 4.88. The Kier molecular flexibility index (Phi) is 2.13. The molecule has 2 rings (SSSR count). The smallest absolute Gasteiger partial charge is 0.307 e. The van der Waals surface area contributed by atoms with Gasteiger partial charge in [0.25, 0.3) is 0 Å². The van der Waals surface area contributed by atoms with Crippen molar-refractivity contribution < 1.29 is 19.5 Å². The van der Waals surface area contributed by atoms with Crippen LogP contribution >= 0.6 is 0 Å². The zero-order chi connectivity index (χ0) is 10.3. The third-order valence-electron chi connectivity index (χ3n) is 3.03. The summed E-state index contributed by atoms with van der Waals surface area (Å²) >= 11 is 0. The van der Waals surface area contributed by atoms with E-state index in [0.717, 1.165) is 12.8 Å². The maximum absolute atomic E-state index is 11.5. The highest BCUT2D eigenvalue weighted by Gasteiger charge is 2.45. The van der Waals surface area contributed by atoms with Gasteiger partial charge in [-0.25, -0.2) is 0 Å². The van der Waals surface area contributed by atoms with Crippen molar-refractivity contribution in [3.05, 3.63) is 0 Å². The molecule has 0 aromatic carbocycles. The fourth-order valence-electron chi connectivity index (χ4n) is 2.12. The molecule has 0 bridgehead atoms. The lowest BCUT2D eigenvalue weighted by molar-refractivity contribution is -0.150. The average Bonchev–Trinajstić information content (AvgIpc) is 2.86. The molecule has 0 spiro atoms. The third-order valence-corrected chi connectivity index (χ3v) is 3.03. The number of ketones is 2. The van der Waals surface area contributed by atoms with Crippen LogP contribution in [-0.4, -0.2) is 22.6 Å². The first-order chi connectivity index (χ1) is 6.59. The highest BCUT2D eigenvalue weighted by atomic mass is 16.4. The second-order valence-electron chi connectivity index (χ2n) is 4.19. The molecule has 0 aliphatic heterocycles. The van der Waals surface area contributed by atoms with Crippen LogP contribution in [0, 0.1) is 17.8 Å². The molecule has 0 aromatic heterocycles. The number of Topliss-reactive ketones (excluding diaryl/α,β-unsaturated/α-hetero) is 2. The van der Waals surface area contributed by atoms with Crippen LogP contribution in [0.4, 0.5) is 0 Å². The molecular formula is C10H12O4. The lowest BCUT2D eigenvalue weighted by Gasteiger charge is -2.23. The van der Waals surface area contributed by atoms with Gasteiger partial charge in [0.2, 0.25) is 0 Å². The van der Waals surface area contributed by atoms with E-state index < -0.39 is 17.8 Å². The van der Waals surface area contributed by atoms with Crippen LogP contribution in [0.15, 0.2) is 0 Å². The molecular weight excluding hydrogens is 184 g/mol. The van der Waals surface area contributed by atoms with Gasteiger partial charge in [-0.15, -0.1) is 0 Å². The molecule has 0 saturated heterocycles. The summed E-state index contributed by atoms with van der Waals surface area (Å²) in [6.07, 6.45) is 1.98. The Morgan fingerprint density at radius 2 is 1.64 bits per heavy atom. The first-order valence-electron chi connectivity index (χ1n) is 4.88. The molecule has 1 N–H and O–H groups in total. The van der Waals surface area contributed by atoms with Crippen LogP contribution in [-0.2, 0) is 14.4 Å². The van der Waals surface area contributed by atoms with Gasteiger partial charge in [0.1, 0.15) is 11.6 Å². The molecule has 0 unspecified atom stereocenters. The van der Waals surface area contributed by atoms with Crippen LogP contribution in [0.3, 0.4) is 0 Å². The van der Waals surface area contributed by atoms with E-state index in [0.29, 0.717) is 0 Å². The topological polar surface area (TPSA) is 71.4 Å². The Hall–Kier alpha value is -1.19. The van der Waals surface area contributed by atoms with Crippen molar-refractivity contribution in [2.75, 3.05) is 0 Å². The fourth-order valence-corrected chi connectivity index (χ4v) is 2.12. The number of hydrogen-bond donors (Lipinski definition) is 1. The lowest BCUT2D eigenvalue weighted by Crippen LogP contribution is -2.37. The van der Waals surface area contributed by atoms with Crippen molar-refractivity contribution in [2.24, 2.45) is 17.8 Å². The molecule has 2 aliphatic carbocycles. The third kappa shape index (κ3) is 1.56. The Labute approximate surface area is 81.3 Å². The summed E-state index contributed by atoms with van der Waals surface area (Å²) < 4.78 is 0. The summed E-state index contributed by atoms with van der Waals surface area (Å²) in [6, 6.07) is 0. The van der Waals surface area contributed by atoms with E-state index in [2.05, 4.69) is 0 Å². The van der Waals surface area contributed by atoms with E-state index in [1.807, 2.05) is 0 Å². The van der Waals surface area contributed by atoms with E-state index in [4.69, 9.17) is 5.11 Å². The monoisotopic (exact) mass is 196 g/mol. The number of hydrogen-bond acceptors (Lipinski definition) is 3. The Morgan fingerprint density at radius 1 is 1.14 bits per heavy atom. The van der Waals surface area contributed by atoms with E-state index in [9.17, 15) is 14.4 Å². The van der Waals surface area contributed by atoms with Gasteiger partial charge in [0, 0.05) is 12.8 Å². The van der Waals surface area contributed by atoms with Crippen molar-refractivity contribution in [3.8, 4) is 0 Å². The minimum atomic E-state index is -1.03. The average molecular weight is 196 g/mol. The Morgan fingerprint density at radius 3 is 2.00 bits per heavy atom. The summed E-state index contributed by atoms with van der Waals surface area (Å²) in [7, 11) is 0. The molecule has 14 heavy (non-hydrogen) atoms. The van der Waals surface area contributed by atoms with Gasteiger partial charge in [-0.1, -0.05) is 0 Å². The van der Waals surface area contributed by atoms with E-state index in [-0.39, 0.29) is 30.3 Å². The number of carbonyl (C=O) groups is 3. The molecule has 2 aliphatic rings. The van der Waals surface area contributed by atoms with Crippen molar-refractivity contribution in [3.63, 3.8) is 0 Å². The number of carbonyl (C=O) groups excluding carboxylic acids is 2. The van der Waals surface area contributed by atoms with Crippen molar-refractivity contribution >= 4 is 17.5 Å². The normalized spacial score (nSPS) is 33.1. The molecule has 4 heteroatoms. The predicted molar refractivity (Wildman–Crippen MR) is 46.6 cm³/mol. The predicted octanol–water partition coefficient (Wildman–Crippen LogP) is 0.645. The highest BCUT2D eigenvalue weighted by Crippen LogP contribution is 2.41. The summed E-state index contributed by atoms with van der Waals surface area (Å²) in [6.45, 7) is 0. The van der Waals surface area contributed by atoms with Gasteiger partial charge < -0.3 is 5.11 Å². The van der Waals surface area contributed by atoms with Gasteiger partial charge in [-0.05, 0) is 18.8 Å². The van der Waals surface area contributed by atoms with E-state index >= 15 is 0 Å². The molecule has 0 atom stereocenters. The molecule has 2 saturated carbocycles. The van der Waals surface area contributed by atoms with Gasteiger partial charge in [0.15, 0.2) is 0 Å². The number of carboxylic acid groups (broad SMARTS) is 1. The number of carboxylic acids is 1. The number of aliphatic carboxylic acids is 1. The van der Waals surface area contributed by atoms with Crippen LogP contribution in [0.25, 0.3) is 0 Å². The summed E-state index contributed by atoms with van der Waals surface area (Å²) in [5.74, 6) is -2.35. The van der Waals surface area contributed by atoms with Crippen LogP contribution < -0.4 is 0 Å². The SMILES string of the molecule is O=C(O)C1CC(=O)C(C2CC2)C(=O)C1. The summed E-state index contributed by atoms with van der Waals surface area (Å²) in [4.78, 5) is 33.7. The van der Waals surface area contributed by atoms with Gasteiger partial charge in [-0.3, -0.25) is 14.4 Å². The van der Waals surface area contributed by atoms with Gasteiger partial charge in [0.05, 0.1) is 11.8 Å². The maximum atomic E-state index is 11.5. The largest absolute Gasteiger partial charge is 0.481 e. The second-order valence-corrected chi connectivity index (χ2v) is 4.19. The zero-order valence-corrected chi connectivity index (χ0v) is 7.73. The molecule has 0 radical (unpaired) electrons. The highest BCUT2D eigenvalue weighted by molar-refractivity contribution is 6.07. The number of rotatable bonds is 2. The molecule has 2 fully saturated rings. The van der Waals surface area contributed by atoms with Crippen molar-refractivity contribution in [2.45, 2.75) is 25.7 Å². The first kappa shape index (κ1) is 9.37. The zero-order valence-electron chi connectivity index (χ0n) is 7.73. The Bertz CT molecular complexity index is 285. The summed E-state index contributed by atoms with van der Waals surface area (Å²) in [5.41, 5.74) is 0. The van der Waals surface area contributed by atoms with Gasteiger partial charge >= 0.3 is 5.97 Å². The second kappa shape index (κ2) is 3.19. The molecule has 76 valence electrons. The summed E-state index contributed by atoms with van der Waals surface area (Å²) in [5, 5.41) is 8.71. The molecule has 0 amide bonds. The van der Waals surface area contributed by atoms with Crippen LogP contribution in [0.1, 0.15) is 25.7 Å². The molecule has 4 nitrogen and oxygen atoms in total. The fraction of sp³-hybridized carbons (Fsp3) is 0.700. The van der Waals surface area contributed by atoms with E-state index in [1.165, 1.54) is 0 Å². The van der Waals surface area contributed by atoms with Crippen LogP contribution in [0.2, 0.25) is 0 Å². The van der Waals surface area contributed by atoms with E-state index in [1.54, 1.807) is 0 Å².